The van der Waals surface area contributed by atoms with E-state index in [1.807, 2.05) is 24.4 Å². The molecule has 3 N–H and O–H groups in total. The second-order valence-corrected chi connectivity index (χ2v) is 3.53. The Labute approximate surface area is 78.9 Å². The van der Waals surface area contributed by atoms with Crippen molar-refractivity contribution in [3.8, 4) is 0 Å². The van der Waals surface area contributed by atoms with Crippen LogP contribution in [0.15, 0.2) is 28.9 Å². The van der Waals surface area contributed by atoms with Gasteiger partial charge < -0.3 is 10.7 Å². The quantitative estimate of drug-likeness (QED) is 0.768. The number of aromatic amines is 1. The standard InChI is InChI=1S/C9H9BrN2/c10-8-2-1-6(5-11)7-3-4-12-9(7)8/h1-4,12H,5,11H2. The summed E-state index contributed by atoms with van der Waals surface area (Å²) in [5.41, 5.74) is 7.89. The summed E-state index contributed by atoms with van der Waals surface area (Å²) < 4.78 is 1.08. The molecule has 1 aromatic carbocycles. The van der Waals surface area contributed by atoms with Crippen LogP contribution in [0.5, 0.6) is 0 Å². The monoisotopic (exact) mass is 224 g/mol. The maximum Gasteiger partial charge on any atom is 0.0601 e. The summed E-state index contributed by atoms with van der Waals surface area (Å²) in [6, 6.07) is 6.10. The van der Waals surface area contributed by atoms with Crippen molar-refractivity contribution >= 4 is 26.8 Å². The summed E-state index contributed by atoms with van der Waals surface area (Å²) in [5.74, 6) is 0. The van der Waals surface area contributed by atoms with Crippen LogP contribution in [0.2, 0.25) is 0 Å². The number of rotatable bonds is 1. The van der Waals surface area contributed by atoms with Crippen molar-refractivity contribution in [3.63, 3.8) is 0 Å². The Balaban J connectivity index is 2.82. The molecule has 0 saturated carbocycles. The fourth-order valence-corrected chi connectivity index (χ4v) is 1.82. The van der Waals surface area contributed by atoms with E-state index in [9.17, 15) is 0 Å². The lowest BCUT2D eigenvalue weighted by atomic mass is 10.1. The molecule has 0 aliphatic carbocycles. The second-order valence-electron chi connectivity index (χ2n) is 2.68. The number of H-pyrrole nitrogens is 1. The Hall–Kier alpha value is -0.800. The number of aromatic nitrogens is 1. The molecule has 0 aliphatic heterocycles. The first-order valence-electron chi connectivity index (χ1n) is 3.77. The number of halogens is 1. The maximum absolute atomic E-state index is 5.60. The molecule has 12 heavy (non-hydrogen) atoms. The van der Waals surface area contributed by atoms with Gasteiger partial charge in [0.2, 0.25) is 0 Å². The molecule has 0 aliphatic rings. The molecule has 1 heterocycles. The van der Waals surface area contributed by atoms with Crippen LogP contribution in [0.1, 0.15) is 5.56 Å². The summed E-state index contributed by atoms with van der Waals surface area (Å²) in [4.78, 5) is 3.16. The molecule has 0 radical (unpaired) electrons. The molecular weight excluding hydrogens is 216 g/mol. The zero-order valence-corrected chi connectivity index (χ0v) is 8.06. The highest BCUT2D eigenvalue weighted by atomic mass is 79.9. The van der Waals surface area contributed by atoms with Gasteiger partial charge in [-0.25, -0.2) is 0 Å². The van der Waals surface area contributed by atoms with Gasteiger partial charge in [-0.2, -0.15) is 0 Å². The number of hydrogen-bond donors (Lipinski definition) is 2. The van der Waals surface area contributed by atoms with E-state index in [1.54, 1.807) is 0 Å². The van der Waals surface area contributed by atoms with Gasteiger partial charge in [-0.05, 0) is 33.6 Å². The van der Waals surface area contributed by atoms with E-state index >= 15 is 0 Å². The van der Waals surface area contributed by atoms with Crippen LogP contribution in [-0.4, -0.2) is 4.98 Å². The lowest BCUT2D eigenvalue weighted by Crippen LogP contribution is -1.96. The third-order valence-corrected chi connectivity index (χ3v) is 2.64. The van der Waals surface area contributed by atoms with Crippen molar-refractivity contribution in [2.24, 2.45) is 5.73 Å². The van der Waals surface area contributed by atoms with Crippen molar-refractivity contribution in [2.75, 3.05) is 0 Å². The zero-order chi connectivity index (χ0) is 8.55. The van der Waals surface area contributed by atoms with Crippen molar-refractivity contribution in [3.05, 3.63) is 34.4 Å². The summed E-state index contributed by atoms with van der Waals surface area (Å²) in [6.07, 6.45) is 1.93. The molecule has 0 amide bonds. The van der Waals surface area contributed by atoms with Gasteiger partial charge in [-0.15, -0.1) is 0 Å². The largest absolute Gasteiger partial charge is 0.360 e. The molecule has 1 aromatic heterocycles. The maximum atomic E-state index is 5.60. The molecule has 0 fully saturated rings. The lowest BCUT2D eigenvalue weighted by Gasteiger charge is -2.00. The van der Waals surface area contributed by atoms with Crippen molar-refractivity contribution in [1.82, 2.24) is 4.98 Å². The zero-order valence-electron chi connectivity index (χ0n) is 6.47. The van der Waals surface area contributed by atoms with Crippen molar-refractivity contribution in [2.45, 2.75) is 6.54 Å². The number of hydrogen-bond acceptors (Lipinski definition) is 1. The Kier molecular flexibility index (Phi) is 1.90. The average molecular weight is 225 g/mol. The van der Waals surface area contributed by atoms with Crippen molar-refractivity contribution in [1.29, 1.82) is 0 Å². The third kappa shape index (κ3) is 1.06. The van der Waals surface area contributed by atoms with Gasteiger partial charge >= 0.3 is 0 Å². The molecule has 3 heteroatoms. The first-order chi connectivity index (χ1) is 5.83. The first kappa shape index (κ1) is 7.83. The van der Waals surface area contributed by atoms with Crippen LogP contribution in [0.3, 0.4) is 0 Å². The molecule has 0 saturated heterocycles. The van der Waals surface area contributed by atoms with Crippen LogP contribution in [0.25, 0.3) is 10.9 Å². The minimum Gasteiger partial charge on any atom is -0.360 e. The van der Waals surface area contributed by atoms with Gasteiger partial charge in [0, 0.05) is 22.6 Å². The summed E-state index contributed by atoms with van der Waals surface area (Å²) in [6.45, 7) is 0.585. The summed E-state index contributed by atoms with van der Waals surface area (Å²) >= 11 is 3.47. The van der Waals surface area contributed by atoms with E-state index in [1.165, 1.54) is 10.9 Å². The number of fused-ring (bicyclic) bond motifs is 1. The fraction of sp³-hybridized carbons (Fsp3) is 0.111. The minimum absolute atomic E-state index is 0.585. The van der Waals surface area contributed by atoms with Crippen LogP contribution in [0.4, 0.5) is 0 Å². The first-order valence-corrected chi connectivity index (χ1v) is 4.57. The number of benzene rings is 1. The minimum atomic E-state index is 0.585. The highest BCUT2D eigenvalue weighted by Gasteiger charge is 2.02. The van der Waals surface area contributed by atoms with E-state index in [0.717, 1.165) is 9.99 Å². The van der Waals surface area contributed by atoms with Crippen LogP contribution >= 0.6 is 15.9 Å². The van der Waals surface area contributed by atoms with Crippen LogP contribution in [-0.2, 0) is 6.54 Å². The van der Waals surface area contributed by atoms with Gasteiger partial charge in [-0.1, -0.05) is 6.07 Å². The Morgan fingerprint density at radius 1 is 1.33 bits per heavy atom. The van der Waals surface area contributed by atoms with E-state index in [0.29, 0.717) is 6.54 Å². The second kappa shape index (κ2) is 2.92. The molecule has 0 atom stereocenters. The molecule has 2 nitrogen and oxygen atoms in total. The summed E-state index contributed by atoms with van der Waals surface area (Å²) in [5, 5.41) is 1.20. The molecule has 2 aromatic rings. The Morgan fingerprint density at radius 3 is 2.92 bits per heavy atom. The summed E-state index contributed by atoms with van der Waals surface area (Å²) in [7, 11) is 0. The predicted molar refractivity (Wildman–Crippen MR) is 53.9 cm³/mol. The van der Waals surface area contributed by atoms with Gasteiger partial charge in [0.15, 0.2) is 0 Å². The molecule has 0 bridgehead atoms. The highest BCUT2D eigenvalue weighted by molar-refractivity contribution is 9.10. The highest BCUT2D eigenvalue weighted by Crippen LogP contribution is 2.25. The number of nitrogens with one attached hydrogen (secondary N) is 1. The average Bonchev–Trinajstić information content (AvgIpc) is 2.54. The Morgan fingerprint density at radius 2 is 2.17 bits per heavy atom. The molecular formula is C9H9BrN2. The fourth-order valence-electron chi connectivity index (χ4n) is 1.36. The predicted octanol–water partition coefficient (Wildman–Crippen LogP) is 2.39. The Bertz CT molecular complexity index is 406. The normalized spacial score (nSPS) is 10.8. The number of nitrogens with two attached hydrogens (primary N) is 1. The SMILES string of the molecule is NCc1ccc(Br)c2[nH]ccc12. The molecule has 0 unspecified atom stereocenters. The van der Waals surface area contributed by atoms with E-state index in [4.69, 9.17) is 5.73 Å². The van der Waals surface area contributed by atoms with Gasteiger partial charge in [0.25, 0.3) is 0 Å². The smallest absolute Gasteiger partial charge is 0.0601 e. The molecule has 62 valence electrons. The van der Waals surface area contributed by atoms with Gasteiger partial charge in [-0.3, -0.25) is 0 Å². The van der Waals surface area contributed by atoms with Gasteiger partial charge in [0.05, 0.1) is 5.52 Å². The van der Waals surface area contributed by atoms with Crippen LogP contribution in [0, 0.1) is 0 Å². The van der Waals surface area contributed by atoms with E-state index in [2.05, 4.69) is 20.9 Å². The third-order valence-electron chi connectivity index (χ3n) is 1.98. The van der Waals surface area contributed by atoms with E-state index < -0.39 is 0 Å². The molecule has 2 rings (SSSR count). The topological polar surface area (TPSA) is 41.8 Å². The lowest BCUT2D eigenvalue weighted by molar-refractivity contribution is 1.09. The molecule has 0 spiro atoms. The van der Waals surface area contributed by atoms with Gasteiger partial charge in [0.1, 0.15) is 0 Å². The van der Waals surface area contributed by atoms with E-state index in [-0.39, 0.29) is 0 Å². The van der Waals surface area contributed by atoms with Crippen molar-refractivity contribution < 1.29 is 0 Å². The van der Waals surface area contributed by atoms with Crippen LogP contribution < -0.4 is 5.73 Å².